The number of hydrazone groups is 1. The van der Waals surface area contributed by atoms with E-state index in [0.29, 0.717) is 15.7 Å². The molecule has 0 aliphatic heterocycles. The summed E-state index contributed by atoms with van der Waals surface area (Å²) < 4.78 is 0. The van der Waals surface area contributed by atoms with Crippen LogP contribution in [0.15, 0.2) is 16.5 Å². The molecule has 0 aliphatic rings. The van der Waals surface area contributed by atoms with Gasteiger partial charge in [-0.1, -0.05) is 11.3 Å². The average molecular weight is 280 g/mol. The van der Waals surface area contributed by atoms with Gasteiger partial charge in [0, 0.05) is 4.88 Å². The Hall–Kier alpha value is -1.73. The lowest BCUT2D eigenvalue weighted by Crippen LogP contribution is -2.17. The molecule has 0 aromatic carbocycles. The highest BCUT2D eigenvalue weighted by molar-refractivity contribution is 7.17. The maximum Gasteiger partial charge on any atom is 0.283 e. The zero-order valence-electron chi connectivity index (χ0n) is 9.93. The molecule has 7 heteroatoms. The van der Waals surface area contributed by atoms with Crippen molar-refractivity contribution in [2.24, 2.45) is 5.10 Å². The fourth-order valence-corrected chi connectivity index (χ4v) is 2.85. The second-order valence-electron chi connectivity index (χ2n) is 3.63. The van der Waals surface area contributed by atoms with Gasteiger partial charge in [-0.3, -0.25) is 4.79 Å². The van der Waals surface area contributed by atoms with E-state index in [1.54, 1.807) is 24.5 Å². The molecule has 0 saturated carbocycles. The Balaban J connectivity index is 2.03. The summed E-state index contributed by atoms with van der Waals surface area (Å²) in [6, 6.07) is 2.00. The third-order valence-electron chi connectivity index (χ3n) is 2.27. The molecule has 2 aromatic rings. The molecule has 2 heterocycles. The van der Waals surface area contributed by atoms with Crippen molar-refractivity contribution in [3.63, 3.8) is 0 Å². The highest BCUT2D eigenvalue weighted by Crippen LogP contribution is 2.19. The Morgan fingerprint density at radius 3 is 2.89 bits per heavy atom. The first-order chi connectivity index (χ1) is 8.58. The lowest BCUT2D eigenvalue weighted by Gasteiger charge is -1.96. The molecule has 94 valence electrons. The van der Waals surface area contributed by atoms with Crippen LogP contribution in [0.2, 0.25) is 0 Å². The van der Waals surface area contributed by atoms with E-state index in [4.69, 9.17) is 5.73 Å². The number of hydrogen-bond acceptors (Lipinski definition) is 6. The number of aryl methyl sites for hydroxylation is 2. The van der Waals surface area contributed by atoms with Gasteiger partial charge in [0.25, 0.3) is 5.91 Å². The zero-order chi connectivity index (χ0) is 13.1. The van der Waals surface area contributed by atoms with Crippen LogP contribution >= 0.6 is 22.7 Å². The fraction of sp³-hybridized carbons (Fsp3) is 0.182. The molecule has 0 fully saturated rings. The molecule has 1 amide bonds. The third kappa shape index (κ3) is 2.74. The van der Waals surface area contributed by atoms with E-state index >= 15 is 0 Å². The minimum Gasteiger partial charge on any atom is -0.375 e. The molecule has 0 radical (unpaired) electrons. The van der Waals surface area contributed by atoms with E-state index in [1.807, 2.05) is 18.4 Å². The number of carbonyl (C=O) groups is 1. The number of nitrogen functional groups attached to an aromatic ring is 1. The number of thiophene rings is 1. The number of thiazole rings is 1. The van der Waals surface area contributed by atoms with Crippen LogP contribution in [0.5, 0.6) is 0 Å². The van der Waals surface area contributed by atoms with Gasteiger partial charge in [-0.15, -0.1) is 11.3 Å². The maximum absolute atomic E-state index is 11.8. The minimum absolute atomic E-state index is 0.285. The summed E-state index contributed by atoms with van der Waals surface area (Å²) in [7, 11) is 0. The van der Waals surface area contributed by atoms with Crippen molar-refractivity contribution in [1.82, 2.24) is 10.4 Å². The zero-order valence-corrected chi connectivity index (χ0v) is 11.6. The molecule has 3 N–H and O–H groups in total. The number of nitrogens with zero attached hydrogens (tertiary/aromatic N) is 2. The van der Waals surface area contributed by atoms with Gasteiger partial charge in [-0.2, -0.15) is 5.10 Å². The van der Waals surface area contributed by atoms with Gasteiger partial charge >= 0.3 is 0 Å². The molecule has 0 aliphatic carbocycles. The summed E-state index contributed by atoms with van der Waals surface area (Å²) in [6.07, 6.45) is 1.64. The van der Waals surface area contributed by atoms with Crippen molar-refractivity contribution in [2.75, 3.05) is 5.73 Å². The van der Waals surface area contributed by atoms with Gasteiger partial charge in [0.1, 0.15) is 4.88 Å². The summed E-state index contributed by atoms with van der Waals surface area (Å²) in [4.78, 5) is 17.3. The summed E-state index contributed by atoms with van der Waals surface area (Å²) in [5, 5.41) is 6.29. The second kappa shape index (κ2) is 5.28. The van der Waals surface area contributed by atoms with Crippen LogP contribution < -0.4 is 11.2 Å². The summed E-state index contributed by atoms with van der Waals surface area (Å²) in [5.41, 5.74) is 9.76. The SMILES string of the molecule is Cc1ccsc1/C=N\NC(=O)c1sc(N)nc1C. The van der Waals surface area contributed by atoms with Crippen molar-refractivity contribution < 1.29 is 4.79 Å². The van der Waals surface area contributed by atoms with E-state index in [9.17, 15) is 4.79 Å². The smallest absolute Gasteiger partial charge is 0.283 e. The second-order valence-corrected chi connectivity index (χ2v) is 5.61. The lowest BCUT2D eigenvalue weighted by molar-refractivity contribution is 0.0958. The topological polar surface area (TPSA) is 80.4 Å². The third-order valence-corrected chi connectivity index (χ3v) is 4.21. The van der Waals surface area contributed by atoms with E-state index in [-0.39, 0.29) is 5.91 Å². The number of amides is 1. The van der Waals surface area contributed by atoms with Gasteiger partial charge in [-0.05, 0) is 30.9 Å². The predicted octanol–water partition coefficient (Wildman–Crippen LogP) is 2.17. The molecule has 0 atom stereocenters. The van der Waals surface area contributed by atoms with E-state index in [0.717, 1.165) is 21.8 Å². The van der Waals surface area contributed by atoms with Crippen molar-refractivity contribution in [2.45, 2.75) is 13.8 Å². The standard InChI is InChI=1S/C11H12N4OS2/c1-6-3-4-17-8(6)5-13-15-10(16)9-7(2)14-11(12)18-9/h3-5H,1-2H3,(H2,12,14)(H,15,16)/b13-5-. The summed E-state index contributed by atoms with van der Waals surface area (Å²) in [6.45, 7) is 3.74. The first-order valence-corrected chi connectivity index (χ1v) is 6.88. The van der Waals surface area contributed by atoms with Gasteiger partial charge in [0.2, 0.25) is 0 Å². The number of anilines is 1. The molecule has 5 nitrogen and oxygen atoms in total. The summed E-state index contributed by atoms with van der Waals surface area (Å²) >= 11 is 2.73. The van der Waals surface area contributed by atoms with Crippen molar-refractivity contribution >= 4 is 39.9 Å². The number of aromatic nitrogens is 1. The van der Waals surface area contributed by atoms with Gasteiger partial charge in [-0.25, -0.2) is 10.4 Å². The molecular weight excluding hydrogens is 268 g/mol. The Labute approximate surface area is 112 Å². The Bertz CT molecular complexity index is 600. The van der Waals surface area contributed by atoms with Crippen LogP contribution in [0.25, 0.3) is 0 Å². The van der Waals surface area contributed by atoms with Crippen LogP contribution in [-0.2, 0) is 0 Å². The summed E-state index contributed by atoms with van der Waals surface area (Å²) in [5.74, 6) is -0.285. The normalized spacial score (nSPS) is 11.0. The van der Waals surface area contributed by atoms with Gasteiger partial charge in [0.15, 0.2) is 5.13 Å². The Morgan fingerprint density at radius 2 is 2.33 bits per heavy atom. The molecular formula is C11H12N4OS2. The molecule has 0 saturated heterocycles. The van der Waals surface area contributed by atoms with E-state index < -0.39 is 0 Å². The largest absolute Gasteiger partial charge is 0.375 e. The first kappa shape index (κ1) is 12.7. The number of nitrogens with two attached hydrogens (primary N) is 1. The van der Waals surface area contributed by atoms with Crippen LogP contribution in [-0.4, -0.2) is 17.1 Å². The van der Waals surface area contributed by atoms with Crippen LogP contribution in [0.1, 0.15) is 25.8 Å². The molecule has 2 rings (SSSR count). The lowest BCUT2D eigenvalue weighted by atomic mass is 10.3. The van der Waals surface area contributed by atoms with Crippen molar-refractivity contribution in [3.05, 3.63) is 32.5 Å². The minimum atomic E-state index is -0.285. The highest BCUT2D eigenvalue weighted by atomic mass is 32.1. The molecule has 0 bridgehead atoms. The Morgan fingerprint density at radius 1 is 1.56 bits per heavy atom. The number of nitrogens with one attached hydrogen (secondary N) is 1. The quantitative estimate of drug-likeness (QED) is 0.668. The molecule has 0 unspecified atom stereocenters. The fourth-order valence-electron chi connectivity index (χ4n) is 1.34. The van der Waals surface area contributed by atoms with Gasteiger partial charge < -0.3 is 5.73 Å². The van der Waals surface area contributed by atoms with Crippen LogP contribution in [0.3, 0.4) is 0 Å². The maximum atomic E-state index is 11.8. The average Bonchev–Trinajstić information content (AvgIpc) is 2.85. The highest BCUT2D eigenvalue weighted by Gasteiger charge is 2.13. The monoisotopic (exact) mass is 280 g/mol. The first-order valence-electron chi connectivity index (χ1n) is 5.18. The molecule has 0 spiro atoms. The Kier molecular flexibility index (Phi) is 3.73. The number of hydrogen-bond donors (Lipinski definition) is 2. The molecule has 2 aromatic heterocycles. The van der Waals surface area contributed by atoms with Gasteiger partial charge in [0.05, 0.1) is 11.9 Å². The van der Waals surface area contributed by atoms with Crippen LogP contribution in [0, 0.1) is 13.8 Å². The molecule has 18 heavy (non-hydrogen) atoms. The van der Waals surface area contributed by atoms with Crippen molar-refractivity contribution in [3.8, 4) is 0 Å². The van der Waals surface area contributed by atoms with Crippen LogP contribution in [0.4, 0.5) is 5.13 Å². The number of rotatable bonds is 3. The number of carbonyl (C=O) groups excluding carboxylic acids is 1. The predicted molar refractivity (Wildman–Crippen MR) is 75.4 cm³/mol. The van der Waals surface area contributed by atoms with E-state index in [2.05, 4.69) is 15.5 Å². The van der Waals surface area contributed by atoms with E-state index in [1.165, 1.54) is 0 Å². The van der Waals surface area contributed by atoms with Crippen molar-refractivity contribution in [1.29, 1.82) is 0 Å².